The third kappa shape index (κ3) is 8.60. The number of hydrogen-bond donors (Lipinski definition) is 2. The normalized spacial score (nSPS) is 12.4. The predicted octanol–water partition coefficient (Wildman–Crippen LogP) is 10.5. The highest BCUT2D eigenvalue weighted by Crippen LogP contribution is 2.44. The van der Waals surface area contributed by atoms with E-state index < -0.39 is 11.7 Å². The summed E-state index contributed by atoms with van der Waals surface area (Å²) in [4.78, 5) is 73.3. The van der Waals surface area contributed by atoms with Crippen LogP contribution < -0.4 is 10.2 Å². The number of anilines is 1. The van der Waals surface area contributed by atoms with Crippen molar-refractivity contribution in [1.82, 2.24) is 4.98 Å². The fourth-order valence-electron chi connectivity index (χ4n) is 6.13. The van der Waals surface area contributed by atoms with Gasteiger partial charge in [-0.05, 0) is 36.4 Å². The second kappa shape index (κ2) is 17.2. The van der Waals surface area contributed by atoms with Gasteiger partial charge in [-0.2, -0.15) is 0 Å². The Bertz CT molecular complexity index is 2630. The predicted molar refractivity (Wildman–Crippen MR) is 220 cm³/mol. The highest BCUT2D eigenvalue weighted by atomic mass is 35.5. The summed E-state index contributed by atoms with van der Waals surface area (Å²) in [5, 5.41) is 4.27. The molecule has 0 unspecified atom stereocenters. The van der Waals surface area contributed by atoms with Crippen molar-refractivity contribution < 1.29 is 33.7 Å². The van der Waals surface area contributed by atoms with Crippen molar-refractivity contribution >= 4 is 80.2 Å². The number of allylic oxidation sites excluding steroid dienone is 1. The molecule has 0 fully saturated rings. The maximum Gasteiger partial charge on any atom is 0.296 e. The summed E-state index contributed by atoms with van der Waals surface area (Å²) in [6.07, 6.45) is -0.0754. The first-order chi connectivity index (χ1) is 27.7. The molecule has 2 aliphatic heterocycles. The lowest BCUT2D eigenvalue weighted by Crippen LogP contribution is -2.14. The van der Waals surface area contributed by atoms with Crippen LogP contribution in [0.1, 0.15) is 59.0 Å². The number of ketones is 4. The standard InChI is InChI=1S/C23H14ClNO3.C15H12O2.C8H4ClNO2/c24-16-11-12-18-17(13-16)19-20(21(26)14-7-3-1-4-8-14)22(27-28-23(19)25-18)15-9-5-2-6-10-15;16-14(12-7-3-1-4-8-12)11-15(17)13-9-5-2-6-10-13;9-4-1-2-6-5(3-4)7(11)8(12)10-6/h1-13,25H;1-10H,11H2;1-3H,(H,10,11,12). The topological polar surface area (TPSA) is 132 Å². The van der Waals surface area contributed by atoms with Crippen LogP contribution >= 0.6 is 23.2 Å². The van der Waals surface area contributed by atoms with E-state index in [-0.39, 0.29) is 23.8 Å². The summed E-state index contributed by atoms with van der Waals surface area (Å²) in [5.41, 5.74) is 5.27. The third-order valence-corrected chi connectivity index (χ3v) is 9.37. The smallest absolute Gasteiger partial charge is 0.296 e. The van der Waals surface area contributed by atoms with Crippen molar-refractivity contribution in [3.05, 3.63) is 201 Å². The monoisotopic (exact) mass is 792 g/mol. The molecule has 1 aromatic heterocycles. The summed E-state index contributed by atoms with van der Waals surface area (Å²) in [7, 11) is 0. The molecule has 3 heterocycles. The first-order valence-corrected chi connectivity index (χ1v) is 18.3. The first-order valence-electron chi connectivity index (χ1n) is 17.5. The van der Waals surface area contributed by atoms with Gasteiger partial charge in [0, 0.05) is 43.2 Å². The molecular formula is C46H30Cl2N2O7. The molecule has 0 bridgehead atoms. The van der Waals surface area contributed by atoms with Crippen LogP contribution in [0.15, 0.2) is 158 Å². The molecule has 0 atom stereocenters. The molecule has 11 heteroatoms. The van der Waals surface area contributed by atoms with Crippen LogP contribution in [0.25, 0.3) is 22.2 Å². The van der Waals surface area contributed by atoms with Gasteiger partial charge in [-0.1, -0.05) is 145 Å². The zero-order chi connectivity index (χ0) is 39.9. The molecule has 9 nitrogen and oxygen atoms in total. The molecule has 0 aliphatic carbocycles. The minimum Gasteiger partial charge on any atom is -0.321 e. The number of amides is 1. The highest BCUT2D eigenvalue weighted by molar-refractivity contribution is 6.52. The van der Waals surface area contributed by atoms with Gasteiger partial charge < -0.3 is 10.3 Å². The van der Waals surface area contributed by atoms with Crippen LogP contribution in [0.2, 0.25) is 10.0 Å². The van der Waals surface area contributed by atoms with E-state index >= 15 is 0 Å². The van der Waals surface area contributed by atoms with E-state index in [0.29, 0.717) is 60.8 Å². The summed E-state index contributed by atoms with van der Waals surface area (Å²) in [6, 6.07) is 46.5. The van der Waals surface area contributed by atoms with Crippen LogP contribution in [-0.4, -0.2) is 34.0 Å². The minimum atomic E-state index is -0.590. The average molecular weight is 794 g/mol. The van der Waals surface area contributed by atoms with Gasteiger partial charge in [0.05, 0.1) is 28.8 Å². The second-order valence-electron chi connectivity index (χ2n) is 12.7. The SMILES string of the molecule is O=C(C1=C(c2ccccc2)OOc2[nH]c3ccc(Cl)cc3c21)c1ccccc1.O=C(CC(=O)c1ccccc1)c1ccccc1.O=C1Nc2ccc(Cl)cc2C1=O. The van der Waals surface area contributed by atoms with Gasteiger partial charge in [0.15, 0.2) is 23.1 Å². The van der Waals surface area contributed by atoms with E-state index in [4.69, 9.17) is 33.0 Å². The van der Waals surface area contributed by atoms with Gasteiger partial charge in [-0.25, -0.2) is 0 Å². The number of Topliss-reactive ketones (excluding diaryl/α,β-unsaturated/α-hetero) is 4. The molecule has 9 rings (SSSR count). The molecule has 0 spiro atoms. The van der Waals surface area contributed by atoms with E-state index in [9.17, 15) is 24.0 Å². The Labute approximate surface area is 336 Å². The lowest BCUT2D eigenvalue weighted by atomic mass is 9.92. The molecule has 0 saturated carbocycles. The number of carbonyl (C=O) groups is 5. The average Bonchev–Trinajstić information content (AvgIpc) is 3.76. The van der Waals surface area contributed by atoms with Crippen molar-refractivity contribution in [2.24, 2.45) is 0 Å². The maximum atomic E-state index is 13.5. The Hall–Kier alpha value is -7.07. The van der Waals surface area contributed by atoms with Gasteiger partial charge in [-0.3, -0.25) is 33.7 Å². The third-order valence-electron chi connectivity index (χ3n) is 8.90. The zero-order valence-corrected chi connectivity index (χ0v) is 31.3. The highest BCUT2D eigenvalue weighted by Gasteiger charge is 2.33. The maximum absolute atomic E-state index is 13.5. The van der Waals surface area contributed by atoms with E-state index in [2.05, 4.69) is 10.3 Å². The number of halogens is 2. The molecule has 7 aromatic rings. The van der Waals surface area contributed by atoms with Crippen molar-refractivity contribution in [2.75, 3.05) is 5.32 Å². The molecule has 0 radical (unpaired) electrons. The van der Waals surface area contributed by atoms with E-state index in [1.54, 1.807) is 78.9 Å². The van der Waals surface area contributed by atoms with Crippen LogP contribution in [0.5, 0.6) is 5.88 Å². The molecule has 2 N–H and O–H groups in total. The Morgan fingerprint density at radius 3 is 1.70 bits per heavy atom. The van der Waals surface area contributed by atoms with Crippen LogP contribution in [-0.2, 0) is 9.68 Å². The molecule has 1 amide bonds. The quantitative estimate of drug-likeness (QED) is 0.0711. The Morgan fingerprint density at radius 2 is 1.11 bits per heavy atom. The Balaban J connectivity index is 0.000000145. The number of rotatable bonds is 7. The van der Waals surface area contributed by atoms with Gasteiger partial charge in [0.1, 0.15) is 0 Å². The number of H-pyrrole nitrogens is 1. The van der Waals surface area contributed by atoms with Crippen LogP contribution in [0, 0.1) is 0 Å². The number of fused-ring (bicyclic) bond motifs is 4. The molecule has 0 saturated heterocycles. The van der Waals surface area contributed by atoms with Crippen molar-refractivity contribution in [3.63, 3.8) is 0 Å². The van der Waals surface area contributed by atoms with Gasteiger partial charge in [-0.15, -0.1) is 0 Å². The number of aromatic amines is 1. The lowest BCUT2D eigenvalue weighted by Gasteiger charge is -2.20. The summed E-state index contributed by atoms with van der Waals surface area (Å²) in [5.74, 6) is -0.775. The number of aromatic nitrogens is 1. The summed E-state index contributed by atoms with van der Waals surface area (Å²) >= 11 is 11.9. The fourth-order valence-corrected chi connectivity index (χ4v) is 6.48. The number of benzene rings is 6. The molecule has 57 heavy (non-hydrogen) atoms. The second-order valence-corrected chi connectivity index (χ2v) is 13.6. The van der Waals surface area contributed by atoms with Crippen molar-refractivity contribution in [3.8, 4) is 5.88 Å². The largest absolute Gasteiger partial charge is 0.321 e. The van der Waals surface area contributed by atoms with Crippen molar-refractivity contribution in [1.29, 1.82) is 0 Å². The summed E-state index contributed by atoms with van der Waals surface area (Å²) < 4.78 is 0. The zero-order valence-electron chi connectivity index (χ0n) is 29.8. The van der Waals surface area contributed by atoms with Gasteiger partial charge >= 0.3 is 0 Å². The van der Waals surface area contributed by atoms with E-state index in [1.165, 1.54) is 6.07 Å². The first kappa shape index (κ1) is 38.2. The Kier molecular flexibility index (Phi) is 11.5. The Morgan fingerprint density at radius 1 is 0.579 bits per heavy atom. The molecule has 2 aliphatic rings. The van der Waals surface area contributed by atoms with Gasteiger partial charge in [0.2, 0.25) is 0 Å². The summed E-state index contributed by atoms with van der Waals surface area (Å²) in [6.45, 7) is 0. The lowest BCUT2D eigenvalue weighted by molar-refractivity contribution is -0.138. The van der Waals surface area contributed by atoms with Crippen LogP contribution in [0.4, 0.5) is 5.69 Å². The van der Waals surface area contributed by atoms with E-state index in [1.807, 2.05) is 72.8 Å². The van der Waals surface area contributed by atoms with Crippen LogP contribution in [0.3, 0.4) is 0 Å². The number of nitrogens with one attached hydrogen (secondary N) is 2. The van der Waals surface area contributed by atoms with E-state index in [0.717, 1.165) is 16.5 Å². The number of hydrogen-bond acceptors (Lipinski definition) is 7. The number of carbonyl (C=O) groups excluding carboxylic acids is 5. The minimum absolute atomic E-state index is 0.0754. The fraction of sp³-hybridized carbons (Fsp3) is 0.0217. The molecule has 280 valence electrons. The molecular weight excluding hydrogens is 763 g/mol. The van der Waals surface area contributed by atoms with Crippen molar-refractivity contribution in [2.45, 2.75) is 6.42 Å². The molecule has 6 aromatic carbocycles. The van der Waals surface area contributed by atoms with Gasteiger partial charge in [0.25, 0.3) is 17.6 Å².